The Kier molecular flexibility index (Phi) is 5.99. The number of rotatable bonds is 7. The highest BCUT2D eigenvalue weighted by Gasteiger charge is 2.15. The van der Waals surface area contributed by atoms with E-state index in [1.54, 1.807) is 24.5 Å². The van der Waals surface area contributed by atoms with Crippen LogP contribution >= 0.6 is 0 Å². The normalized spacial score (nSPS) is 11.2. The molecule has 0 saturated carbocycles. The molecule has 1 heterocycles. The minimum atomic E-state index is -3.74. The number of halogens is 1. The van der Waals surface area contributed by atoms with Crippen LogP contribution in [0.3, 0.4) is 0 Å². The molecule has 0 aliphatic rings. The summed E-state index contributed by atoms with van der Waals surface area (Å²) in [5.41, 5.74) is 0.904. The van der Waals surface area contributed by atoms with Gasteiger partial charge >= 0.3 is 0 Å². The molecule has 1 N–H and O–H groups in total. The highest BCUT2D eigenvalue weighted by Crippen LogP contribution is 2.09. The Hall–Kier alpha value is -2.32. The van der Waals surface area contributed by atoms with Gasteiger partial charge in [-0.3, -0.25) is 9.78 Å². The summed E-state index contributed by atoms with van der Waals surface area (Å²) in [5, 5.41) is 0. The summed E-state index contributed by atoms with van der Waals surface area (Å²) in [6, 6.07) is 8.13. The van der Waals surface area contributed by atoms with Crippen LogP contribution < -0.4 is 4.72 Å². The van der Waals surface area contributed by atoms with Gasteiger partial charge < -0.3 is 4.90 Å². The summed E-state index contributed by atoms with van der Waals surface area (Å²) in [7, 11) is -3.74. The van der Waals surface area contributed by atoms with Crippen molar-refractivity contribution in [1.29, 1.82) is 0 Å². The smallest absolute Gasteiger partial charge is 0.240 e. The molecule has 24 heavy (non-hydrogen) atoms. The van der Waals surface area contributed by atoms with Gasteiger partial charge in [0.15, 0.2) is 0 Å². The fourth-order valence-corrected chi connectivity index (χ4v) is 3.09. The lowest BCUT2D eigenvalue weighted by molar-refractivity contribution is -0.129. The van der Waals surface area contributed by atoms with Gasteiger partial charge in [0, 0.05) is 39.0 Å². The van der Waals surface area contributed by atoms with Crippen molar-refractivity contribution in [3.05, 3.63) is 60.2 Å². The maximum absolute atomic E-state index is 12.9. The monoisotopic (exact) mass is 351 g/mol. The molecule has 0 fully saturated rings. The van der Waals surface area contributed by atoms with Crippen LogP contribution in [0.4, 0.5) is 4.39 Å². The van der Waals surface area contributed by atoms with E-state index in [9.17, 15) is 17.6 Å². The van der Waals surface area contributed by atoms with Crippen LogP contribution in [-0.4, -0.2) is 37.3 Å². The molecule has 6 nitrogen and oxygen atoms in total. The van der Waals surface area contributed by atoms with E-state index < -0.39 is 15.8 Å². The molecular formula is C16H18FN3O3S. The summed E-state index contributed by atoms with van der Waals surface area (Å²) in [6.07, 6.45) is 3.26. The van der Waals surface area contributed by atoms with Crippen molar-refractivity contribution in [2.24, 2.45) is 0 Å². The second-order valence-corrected chi connectivity index (χ2v) is 6.91. The number of benzene rings is 1. The Morgan fingerprint density at radius 2 is 1.79 bits per heavy atom. The van der Waals surface area contributed by atoms with Crippen LogP contribution in [0.5, 0.6) is 0 Å². The summed E-state index contributed by atoms with van der Waals surface area (Å²) in [4.78, 5) is 17.1. The number of sulfonamides is 1. The van der Waals surface area contributed by atoms with E-state index in [2.05, 4.69) is 9.71 Å². The SMILES string of the molecule is CC(=O)N(CCNS(=O)(=O)c1ccc(F)cc1)Cc1ccncc1. The van der Waals surface area contributed by atoms with Gasteiger partial charge in [0.25, 0.3) is 0 Å². The summed E-state index contributed by atoms with van der Waals surface area (Å²) in [6.45, 7) is 2.08. The predicted molar refractivity (Wildman–Crippen MR) is 86.9 cm³/mol. The van der Waals surface area contributed by atoms with Crippen molar-refractivity contribution < 1.29 is 17.6 Å². The first kappa shape index (κ1) is 18.0. The zero-order valence-electron chi connectivity index (χ0n) is 13.1. The van der Waals surface area contributed by atoms with Gasteiger partial charge in [-0.25, -0.2) is 17.5 Å². The molecule has 1 aromatic carbocycles. The zero-order chi connectivity index (χ0) is 17.6. The van der Waals surface area contributed by atoms with E-state index in [4.69, 9.17) is 0 Å². The second-order valence-electron chi connectivity index (χ2n) is 5.15. The van der Waals surface area contributed by atoms with Crippen molar-refractivity contribution in [3.63, 3.8) is 0 Å². The van der Waals surface area contributed by atoms with E-state index in [1.165, 1.54) is 24.0 Å². The average Bonchev–Trinajstić information content (AvgIpc) is 2.55. The molecule has 0 spiro atoms. The number of pyridine rings is 1. The van der Waals surface area contributed by atoms with E-state index in [0.717, 1.165) is 17.7 Å². The number of nitrogens with one attached hydrogen (secondary N) is 1. The highest BCUT2D eigenvalue weighted by molar-refractivity contribution is 7.89. The van der Waals surface area contributed by atoms with Crippen LogP contribution in [0.1, 0.15) is 12.5 Å². The van der Waals surface area contributed by atoms with E-state index >= 15 is 0 Å². The third kappa shape index (κ3) is 5.10. The lowest BCUT2D eigenvalue weighted by atomic mass is 10.2. The molecule has 0 saturated heterocycles. The highest BCUT2D eigenvalue weighted by atomic mass is 32.2. The second kappa shape index (κ2) is 7.98. The van der Waals surface area contributed by atoms with Crippen molar-refractivity contribution in [2.75, 3.05) is 13.1 Å². The maximum atomic E-state index is 12.9. The first-order valence-electron chi connectivity index (χ1n) is 7.28. The molecule has 0 atom stereocenters. The molecule has 2 aromatic rings. The molecule has 8 heteroatoms. The molecular weight excluding hydrogens is 333 g/mol. The van der Waals surface area contributed by atoms with Crippen LogP contribution in [0, 0.1) is 5.82 Å². The Morgan fingerprint density at radius 1 is 1.17 bits per heavy atom. The van der Waals surface area contributed by atoms with Crippen LogP contribution in [-0.2, 0) is 21.4 Å². The number of hydrogen-bond acceptors (Lipinski definition) is 4. The minimum absolute atomic E-state index is 0.0209. The standard InChI is InChI=1S/C16H18FN3O3S/c1-13(21)20(12-14-6-8-18-9-7-14)11-10-19-24(22,23)16-4-2-15(17)3-5-16/h2-9,19H,10-12H2,1H3. The molecule has 128 valence electrons. The van der Waals surface area contributed by atoms with Crippen molar-refractivity contribution in [3.8, 4) is 0 Å². The Bertz CT molecular complexity index is 780. The summed E-state index contributed by atoms with van der Waals surface area (Å²) >= 11 is 0. The average molecular weight is 351 g/mol. The quantitative estimate of drug-likeness (QED) is 0.821. The molecule has 1 amide bonds. The first-order chi connectivity index (χ1) is 11.4. The lowest BCUT2D eigenvalue weighted by Crippen LogP contribution is -2.37. The molecule has 1 aromatic heterocycles. The fraction of sp³-hybridized carbons (Fsp3) is 0.250. The molecule has 0 radical (unpaired) electrons. The van der Waals surface area contributed by atoms with Crippen LogP contribution in [0.15, 0.2) is 53.7 Å². The molecule has 2 rings (SSSR count). The number of nitrogens with zero attached hydrogens (tertiary/aromatic N) is 2. The number of amides is 1. The van der Waals surface area contributed by atoms with Gasteiger partial charge in [-0.2, -0.15) is 0 Å². The largest absolute Gasteiger partial charge is 0.337 e. The van der Waals surface area contributed by atoms with Crippen molar-refractivity contribution >= 4 is 15.9 Å². The maximum Gasteiger partial charge on any atom is 0.240 e. The number of aromatic nitrogens is 1. The van der Waals surface area contributed by atoms with Crippen LogP contribution in [0.2, 0.25) is 0 Å². The minimum Gasteiger partial charge on any atom is -0.337 e. The predicted octanol–water partition coefficient (Wildman–Crippen LogP) is 1.55. The zero-order valence-corrected chi connectivity index (χ0v) is 14.0. The Morgan fingerprint density at radius 3 is 2.38 bits per heavy atom. The van der Waals surface area contributed by atoms with E-state index in [-0.39, 0.29) is 23.9 Å². The van der Waals surface area contributed by atoms with Crippen molar-refractivity contribution in [2.45, 2.75) is 18.4 Å². The molecule has 0 unspecified atom stereocenters. The lowest BCUT2D eigenvalue weighted by Gasteiger charge is -2.21. The number of carbonyl (C=O) groups is 1. The van der Waals surface area contributed by atoms with Gasteiger partial charge in [-0.1, -0.05) is 0 Å². The molecule has 0 aliphatic carbocycles. The number of hydrogen-bond donors (Lipinski definition) is 1. The Labute approximate surface area is 140 Å². The number of carbonyl (C=O) groups excluding carboxylic acids is 1. The van der Waals surface area contributed by atoms with Crippen LogP contribution in [0.25, 0.3) is 0 Å². The fourth-order valence-electron chi connectivity index (χ4n) is 2.07. The molecule has 0 bridgehead atoms. The topological polar surface area (TPSA) is 79.4 Å². The third-order valence-electron chi connectivity index (χ3n) is 3.37. The van der Waals surface area contributed by atoms with E-state index in [1.807, 2.05) is 0 Å². The first-order valence-corrected chi connectivity index (χ1v) is 8.76. The van der Waals surface area contributed by atoms with Crippen molar-refractivity contribution in [1.82, 2.24) is 14.6 Å². The van der Waals surface area contributed by atoms with Gasteiger partial charge in [0.1, 0.15) is 5.82 Å². The molecule has 0 aliphatic heterocycles. The van der Waals surface area contributed by atoms with Gasteiger partial charge in [0.05, 0.1) is 4.90 Å². The third-order valence-corrected chi connectivity index (χ3v) is 4.84. The van der Waals surface area contributed by atoms with Gasteiger partial charge in [0.2, 0.25) is 15.9 Å². The van der Waals surface area contributed by atoms with Gasteiger partial charge in [-0.15, -0.1) is 0 Å². The summed E-state index contributed by atoms with van der Waals surface area (Å²) in [5.74, 6) is -0.665. The Balaban J connectivity index is 1.95. The van der Waals surface area contributed by atoms with E-state index in [0.29, 0.717) is 6.54 Å². The summed E-state index contributed by atoms with van der Waals surface area (Å²) < 4.78 is 39.5. The van der Waals surface area contributed by atoms with Gasteiger partial charge in [-0.05, 0) is 42.0 Å².